The Labute approximate surface area is 101 Å². The van der Waals surface area contributed by atoms with E-state index in [1.807, 2.05) is 19.1 Å². The highest BCUT2D eigenvalue weighted by atomic mass is 16.5. The highest BCUT2D eigenvalue weighted by Crippen LogP contribution is 2.17. The Morgan fingerprint density at radius 1 is 1.47 bits per heavy atom. The summed E-state index contributed by atoms with van der Waals surface area (Å²) in [6, 6.07) is 9.16. The van der Waals surface area contributed by atoms with Gasteiger partial charge in [0.1, 0.15) is 5.75 Å². The van der Waals surface area contributed by atoms with Gasteiger partial charge in [-0.25, -0.2) is 0 Å². The average Bonchev–Trinajstić information content (AvgIpc) is 2.35. The molecule has 0 saturated carbocycles. The number of carbonyl (C=O) groups is 1. The van der Waals surface area contributed by atoms with Gasteiger partial charge in [0.15, 0.2) is 0 Å². The molecule has 4 nitrogen and oxygen atoms in total. The third kappa shape index (κ3) is 4.15. The lowest BCUT2D eigenvalue weighted by Gasteiger charge is -2.09. The number of hydrogen-bond acceptors (Lipinski definition) is 3. The van der Waals surface area contributed by atoms with Crippen LogP contribution in [0.4, 0.5) is 0 Å². The van der Waals surface area contributed by atoms with Crippen LogP contribution in [0.5, 0.6) is 5.75 Å². The lowest BCUT2D eigenvalue weighted by molar-refractivity contribution is 0.0949. The molecule has 17 heavy (non-hydrogen) atoms. The van der Waals surface area contributed by atoms with E-state index in [1.54, 1.807) is 18.2 Å². The Kier molecular flexibility index (Phi) is 5.59. The van der Waals surface area contributed by atoms with Gasteiger partial charge in [-0.15, -0.1) is 0 Å². The SMILES string of the molecule is CCOc1ccccc1C(=O)NCCCC#N. The molecule has 1 rings (SSSR count). The zero-order valence-electron chi connectivity index (χ0n) is 9.90. The molecule has 0 aromatic heterocycles. The number of ether oxygens (including phenoxy) is 1. The Morgan fingerprint density at radius 3 is 2.94 bits per heavy atom. The summed E-state index contributed by atoms with van der Waals surface area (Å²) >= 11 is 0. The molecule has 0 aliphatic heterocycles. The number of hydrogen-bond donors (Lipinski definition) is 1. The third-order valence-corrected chi connectivity index (χ3v) is 2.18. The first-order valence-corrected chi connectivity index (χ1v) is 5.66. The lowest BCUT2D eigenvalue weighted by Crippen LogP contribution is -2.24. The van der Waals surface area contributed by atoms with Crippen LogP contribution < -0.4 is 10.1 Å². The fourth-order valence-corrected chi connectivity index (χ4v) is 1.40. The molecule has 1 amide bonds. The fraction of sp³-hybridized carbons (Fsp3) is 0.385. The second kappa shape index (κ2) is 7.29. The summed E-state index contributed by atoms with van der Waals surface area (Å²) in [5.41, 5.74) is 0.534. The molecule has 0 heterocycles. The molecule has 1 aromatic carbocycles. The molecule has 0 atom stereocenters. The predicted molar refractivity (Wildman–Crippen MR) is 64.8 cm³/mol. The van der Waals surface area contributed by atoms with Gasteiger partial charge in [0.05, 0.1) is 18.2 Å². The number of nitrogens with zero attached hydrogens (tertiary/aromatic N) is 1. The van der Waals surface area contributed by atoms with E-state index in [0.29, 0.717) is 37.3 Å². The van der Waals surface area contributed by atoms with Crippen LogP contribution in [0.1, 0.15) is 30.1 Å². The van der Waals surface area contributed by atoms with E-state index in [1.165, 1.54) is 0 Å². The van der Waals surface area contributed by atoms with Crippen LogP contribution >= 0.6 is 0 Å². The van der Waals surface area contributed by atoms with Crippen LogP contribution in [-0.2, 0) is 0 Å². The van der Waals surface area contributed by atoms with Gasteiger partial charge in [-0.1, -0.05) is 12.1 Å². The van der Waals surface area contributed by atoms with Crippen molar-refractivity contribution in [2.75, 3.05) is 13.2 Å². The molecule has 4 heteroatoms. The number of benzene rings is 1. The number of rotatable bonds is 6. The fourth-order valence-electron chi connectivity index (χ4n) is 1.40. The Balaban J connectivity index is 2.59. The highest BCUT2D eigenvalue weighted by Gasteiger charge is 2.10. The Hall–Kier alpha value is -2.02. The molecule has 0 spiro atoms. The molecule has 0 fully saturated rings. The molecule has 1 N–H and O–H groups in total. The number of unbranched alkanes of at least 4 members (excludes halogenated alkanes) is 1. The summed E-state index contributed by atoms with van der Waals surface area (Å²) in [6.07, 6.45) is 1.12. The van der Waals surface area contributed by atoms with E-state index in [2.05, 4.69) is 5.32 Å². The minimum atomic E-state index is -0.160. The Morgan fingerprint density at radius 2 is 2.24 bits per heavy atom. The number of para-hydroxylation sites is 1. The molecule has 0 aliphatic carbocycles. The summed E-state index contributed by atoms with van der Waals surface area (Å²) in [5, 5.41) is 11.1. The van der Waals surface area contributed by atoms with Gasteiger partial charge in [0, 0.05) is 13.0 Å². The summed E-state index contributed by atoms with van der Waals surface area (Å²) in [7, 11) is 0. The van der Waals surface area contributed by atoms with E-state index >= 15 is 0 Å². The zero-order valence-corrected chi connectivity index (χ0v) is 9.90. The maximum Gasteiger partial charge on any atom is 0.255 e. The first-order chi connectivity index (χ1) is 8.29. The smallest absolute Gasteiger partial charge is 0.255 e. The average molecular weight is 232 g/mol. The topological polar surface area (TPSA) is 62.1 Å². The monoisotopic (exact) mass is 232 g/mol. The highest BCUT2D eigenvalue weighted by molar-refractivity contribution is 5.96. The summed E-state index contributed by atoms with van der Waals surface area (Å²) in [5.74, 6) is 0.430. The summed E-state index contributed by atoms with van der Waals surface area (Å²) in [6.45, 7) is 2.91. The van der Waals surface area contributed by atoms with E-state index in [-0.39, 0.29) is 5.91 Å². The maximum absolute atomic E-state index is 11.8. The molecule has 0 unspecified atom stereocenters. The molecule has 0 bridgehead atoms. The molecular formula is C13H16N2O2. The normalized spacial score (nSPS) is 9.41. The van der Waals surface area contributed by atoms with Gasteiger partial charge in [0.25, 0.3) is 5.91 Å². The van der Waals surface area contributed by atoms with Gasteiger partial charge in [0.2, 0.25) is 0 Å². The predicted octanol–water partition coefficient (Wildman–Crippen LogP) is 2.12. The first kappa shape index (κ1) is 13.0. The van der Waals surface area contributed by atoms with Crippen LogP contribution in [0.15, 0.2) is 24.3 Å². The molecule has 0 aliphatic rings. The number of amides is 1. The minimum Gasteiger partial charge on any atom is -0.493 e. The minimum absolute atomic E-state index is 0.160. The van der Waals surface area contributed by atoms with Crippen molar-refractivity contribution in [2.24, 2.45) is 0 Å². The maximum atomic E-state index is 11.8. The summed E-state index contributed by atoms with van der Waals surface area (Å²) in [4.78, 5) is 11.8. The van der Waals surface area contributed by atoms with Crippen molar-refractivity contribution in [1.29, 1.82) is 5.26 Å². The number of carbonyl (C=O) groups excluding carboxylic acids is 1. The van der Waals surface area contributed by atoms with Gasteiger partial charge in [-0.3, -0.25) is 4.79 Å². The van der Waals surface area contributed by atoms with Crippen LogP contribution in [-0.4, -0.2) is 19.1 Å². The second-order valence-electron chi connectivity index (χ2n) is 3.45. The van der Waals surface area contributed by atoms with E-state index in [4.69, 9.17) is 10.00 Å². The van der Waals surface area contributed by atoms with E-state index in [0.717, 1.165) is 0 Å². The lowest BCUT2D eigenvalue weighted by atomic mass is 10.2. The van der Waals surface area contributed by atoms with Crippen molar-refractivity contribution in [3.8, 4) is 11.8 Å². The van der Waals surface area contributed by atoms with Crippen molar-refractivity contribution in [3.63, 3.8) is 0 Å². The van der Waals surface area contributed by atoms with Crippen molar-refractivity contribution in [3.05, 3.63) is 29.8 Å². The van der Waals surface area contributed by atoms with Gasteiger partial charge in [-0.2, -0.15) is 5.26 Å². The first-order valence-electron chi connectivity index (χ1n) is 5.66. The summed E-state index contributed by atoms with van der Waals surface area (Å²) < 4.78 is 5.37. The van der Waals surface area contributed by atoms with Gasteiger partial charge < -0.3 is 10.1 Å². The van der Waals surface area contributed by atoms with Gasteiger partial charge >= 0.3 is 0 Å². The molecule has 90 valence electrons. The second-order valence-corrected chi connectivity index (χ2v) is 3.45. The van der Waals surface area contributed by atoms with Crippen molar-refractivity contribution in [2.45, 2.75) is 19.8 Å². The van der Waals surface area contributed by atoms with Crippen LogP contribution in [0, 0.1) is 11.3 Å². The van der Waals surface area contributed by atoms with E-state index in [9.17, 15) is 4.79 Å². The van der Waals surface area contributed by atoms with Crippen LogP contribution in [0.3, 0.4) is 0 Å². The third-order valence-electron chi connectivity index (χ3n) is 2.18. The standard InChI is InChI=1S/C13H16N2O2/c1-2-17-12-8-4-3-7-11(12)13(16)15-10-6-5-9-14/h3-4,7-8H,2,5-6,10H2,1H3,(H,15,16). The van der Waals surface area contributed by atoms with Crippen molar-refractivity contribution >= 4 is 5.91 Å². The Bertz CT molecular complexity index is 410. The largest absolute Gasteiger partial charge is 0.493 e. The molecule has 0 saturated heterocycles. The van der Waals surface area contributed by atoms with E-state index < -0.39 is 0 Å². The van der Waals surface area contributed by atoms with Crippen LogP contribution in [0.2, 0.25) is 0 Å². The van der Waals surface area contributed by atoms with Gasteiger partial charge in [-0.05, 0) is 25.5 Å². The molecular weight excluding hydrogens is 216 g/mol. The van der Waals surface area contributed by atoms with Crippen molar-refractivity contribution in [1.82, 2.24) is 5.32 Å². The van der Waals surface area contributed by atoms with Crippen molar-refractivity contribution < 1.29 is 9.53 Å². The zero-order chi connectivity index (χ0) is 12.5. The number of nitriles is 1. The molecule has 0 radical (unpaired) electrons. The van der Waals surface area contributed by atoms with Crippen LogP contribution in [0.25, 0.3) is 0 Å². The molecule has 1 aromatic rings. The quantitative estimate of drug-likeness (QED) is 0.764. The number of nitrogens with one attached hydrogen (secondary N) is 1.